The fraction of sp³-hybridized carbons (Fsp3) is 0.391. The Balaban J connectivity index is 1.66. The van der Waals surface area contributed by atoms with Crippen LogP contribution in [0.25, 0.3) is 11.0 Å². The SMILES string of the molecule is CC(=O)Nc1cc(C(=O)N2CCCC(C)C2)cc2ncn(CCc3ccccn3)c12. The van der Waals surface area contributed by atoms with Crippen molar-refractivity contribution in [1.29, 1.82) is 0 Å². The molecule has 0 saturated carbocycles. The summed E-state index contributed by atoms with van der Waals surface area (Å²) in [6.45, 7) is 5.87. The second kappa shape index (κ2) is 8.65. The number of aryl methyl sites for hydroxylation is 2. The lowest BCUT2D eigenvalue weighted by Gasteiger charge is -2.31. The van der Waals surface area contributed by atoms with Crippen LogP contribution in [0, 0.1) is 5.92 Å². The highest BCUT2D eigenvalue weighted by Crippen LogP contribution is 2.27. The number of benzene rings is 1. The molecule has 2 amide bonds. The zero-order valence-corrected chi connectivity index (χ0v) is 17.5. The number of carbonyl (C=O) groups excluding carboxylic acids is 2. The number of carbonyl (C=O) groups is 2. The lowest BCUT2D eigenvalue weighted by Crippen LogP contribution is -2.39. The average molecular weight is 406 g/mol. The van der Waals surface area contributed by atoms with E-state index < -0.39 is 0 Å². The van der Waals surface area contributed by atoms with E-state index in [9.17, 15) is 9.59 Å². The minimum Gasteiger partial charge on any atom is -0.338 e. The summed E-state index contributed by atoms with van der Waals surface area (Å²) in [5, 5.41) is 2.89. The van der Waals surface area contributed by atoms with Crippen molar-refractivity contribution < 1.29 is 9.59 Å². The van der Waals surface area contributed by atoms with Gasteiger partial charge in [-0.1, -0.05) is 13.0 Å². The molecule has 1 saturated heterocycles. The van der Waals surface area contributed by atoms with Gasteiger partial charge in [-0.25, -0.2) is 4.98 Å². The number of fused-ring (bicyclic) bond motifs is 1. The fourth-order valence-corrected chi connectivity index (χ4v) is 4.12. The number of pyridine rings is 1. The average Bonchev–Trinajstić information content (AvgIpc) is 3.15. The number of nitrogens with zero attached hydrogens (tertiary/aromatic N) is 4. The first-order chi connectivity index (χ1) is 14.5. The molecule has 1 unspecified atom stereocenters. The first kappa shape index (κ1) is 20.1. The number of imidazole rings is 1. The van der Waals surface area contributed by atoms with Gasteiger partial charge in [0.2, 0.25) is 5.91 Å². The predicted octanol–water partition coefficient (Wildman–Crippen LogP) is 3.50. The molecule has 7 heteroatoms. The van der Waals surface area contributed by atoms with E-state index in [-0.39, 0.29) is 11.8 Å². The van der Waals surface area contributed by atoms with Crippen LogP contribution in [0.3, 0.4) is 0 Å². The molecule has 7 nitrogen and oxygen atoms in total. The van der Waals surface area contributed by atoms with Crippen LogP contribution in [-0.2, 0) is 17.8 Å². The number of piperidine rings is 1. The molecule has 1 aromatic carbocycles. The van der Waals surface area contributed by atoms with E-state index in [2.05, 4.69) is 22.2 Å². The molecule has 1 aliphatic rings. The summed E-state index contributed by atoms with van der Waals surface area (Å²) in [4.78, 5) is 35.8. The van der Waals surface area contributed by atoms with Crippen molar-refractivity contribution in [1.82, 2.24) is 19.4 Å². The molecule has 3 aromatic rings. The minimum absolute atomic E-state index is 0.00177. The van der Waals surface area contributed by atoms with E-state index in [4.69, 9.17) is 0 Å². The topological polar surface area (TPSA) is 80.1 Å². The molecule has 156 valence electrons. The van der Waals surface area contributed by atoms with Gasteiger partial charge in [0.1, 0.15) is 0 Å². The van der Waals surface area contributed by atoms with Crippen LogP contribution in [0.2, 0.25) is 0 Å². The molecular formula is C23H27N5O2. The minimum atomic E-state index is -0.176. The molecule has 1 N–H and O–H groups in total. The van der Waals surface area contributed by atoms with E-state index in [1.807, 2.05) is 33.7 Å². The third-order valence-electron chi connectivity index (χ3n) is 5.55. The number of likely N-dealkylation sites (tertiary alicyclic amines) is 1. The van der Waals surface area contributed by atoms with E-state index in [1.54, 1.807) is 18.6 Å². The number of hydrogen-bond acceptors (Lipinski definition) is 4. The summed E-state index contributed by atoms with van der Waals surface area (Å²) in [6, 6.07) is 9.47. The lowest BCUT2D eigenvalue weighted by atomic mass is 9.99. The molecule has 1 atom stereocenters. The molecule has 0 radical (unpaired) electrons. The van der Waals surface area contributed by atoms with Gasteiger partial charge in [0.15, 0.2) is 0 Å². The van der Waals surface area contributed by atoms with Gasteiger partial charge in [0, 0.05) is 50.4 Å². The van der Waals surface area contributed by atoms with E-state index in [0.717, 1.165) is 43.6 Å². The zero-order valence-electron chi connectivity index (χ0n) is 17.5. The fourth-order valence-electron chi connectivity index (χ4n) is 4.12. The van der Waals surface area contributed by atoms with Crippen LogP contribution in [0.4, 0.5) is 5.69 Å². The van der Waals surface area contributed by atoms with Gasteiger partial charge < -0.3 is 14.8 Å². The van der Waals surface area contributed by atoms with E-state index in [0.29, 0.717) is 29.2 Å². The standard InChI is InChI=1S/C23H27N5O2/c1-16-6-5-10-27(14-16)23(30)18-12-20-22(21(13-18)26-17(2)29)28(15-25-20)11-8-19-7-3-4-9-24-19/h3-4,7,9,12-13,15-16H,5-6,8,10-11,14H2,1-2H3,(H,26,29). The summed E-state index contributed by atoms with van der Waals surface area (Å²) >= 11 is 0. The third kappa shape index (κ3) is 4.35. The quantitative estimate of drug-likeness (QED) is 0.704. The number of amides is 2. The Bertz CT molecular complexity index is 1060. The molecular weight excluding hydrogens is 378 g/mol. The van der Waals surface area contributed by atoms with Crippen molar-refractivity contribution >= 4 is 28.5 Å². The molecule has 1 aliphatic heterocycles. The highest BCUT2D eigenvalue weighted by molar-refractivity contribution is 6.05. The second-order valence-corrected chi connectivity index (χ2v) is 8.08. The first-order valence-electron chi connectivity index (χ1n) is 10.5. The normalized spacial score (nSPS) is 16.6. The predicted molar refractivity (Wildman–Crippen MR) is 116 cm³/mol. The Hall–Kier alpha value is -3.22. The van der Waals surface area contributed by atoms with Crippen LogP contribution < -0.4 is 5.32 Å². The van der Waals surface area contributed by atoms with E-state index in [1.165, 1.54) is 6.92 Å². The third-order valence-corrected chi connectivity index (χ3v) is 5.55. The van der Waals surface area contributed by atoms with Gasteiger partial charge >= 0.3 is 0 Å². The number of rotatable bonds is 5. The van der Waals surface area contributed by atoms with Crippen LogP contribution in [0.15, 0.2) is 42.9 Å². The van der Waals surface area contributed by atoms with Gasteiger partial charge in [-0.2, -0.15) is 0 Å². The van der Waals surface area contributed by atoms with Crippen molar-refractivity contribution in [2.24, 2.45) is 5.92 Å². The highest BCUT2D eigenvalue weighted by atomic mass is 16.2. The Kier molecular flexibility index (Phi) is 5.79. The molecule has 1 fully saturated rings. The van der Waals surface area contributed by atoms with E-state index >= 15 is 0 Å². The Morgan fingerprint density at radius 3 is 2.83 bits per heavy atom. The van der Waals surface area contributed by atoms with Crippen LogP contribution in [0.5, 0.6) is 0 Å². The molecule has 4 rings (SSSR count). The van der Waals surface area contributed by atoms with Gasteiger partial charge in [0.25, 0.3) is 5.91 Å². The highest BCUT2D eigenvalue weighted by Gasteiger charge is 2.24. The van der Waals surface area contributed by atoms with Crippen LogP contribution >= 0.6 is 0 Å². The largest absolute Gasteiger partial charge is 0.338 e. The first-order valence-corrected chi connectivity index (χ1v) is 10.5. The van der Waals surface area contributed by atoms with Gasteiger partial charge in [-0.15, -0.1) is 0 Å². The van der Waals surface area contributed by atoms with Crippen LogP contribution in [0.1, 0.15) is 42.7 Å². The number of anilines is 1. The molecule has 3 heterocycles. The Morgan fingerprint density at radius 1 is 1.23 bits per heavy atom. The number of aromatic nitrogens is 3. The van der Waals surface area contributed by atoms with Crippen molar-refractivity contribution in [2.75, 3.05) is 18.4 Å². The maximum absolute atomic E-state index is 13.1. The number of hydrogen-bond donors (Lipinski definition) is 1. The monoisotopic (exact) mass is 405 g/mol. The van der Waals surface area contributed by atoms with Crippen LogP contribution in [-0.4, -0.2) is 44.3 Å². The Morgan fingerprint density at radius 2 is 2.10 bits per heavy atom. The summed E-state index contributed by atoms with van der Waals surface area (Å²) in [6.07, 6.45) is 6.47. The van der Waals surface area contributed by atoms with Gasteiger partial charge in [0.05, 0.1) is 23.0 Å². The van der Waals surface area contributed by atoms with Crippen molar-refractivity contribution in [3.05, 3.63) is 54.1 Å². The Labute approximate surface area is 176 Å². The molecule has 30 heavy (non-hydrogen) atoms. The van der Waals surface area contributed by atoms with Crippen molar-refractivity contribution in [3.63, 3.8) is 0 Å². The smallest absolute Gasteiger partial charge is 0.254 e. The molecule has 2 aromatic heterocycles. The maximum Gasteiger partial charge on any atom is 0.254 e. The molecule has 0 bridgehead atoms. The summed E-state index contributed by atoms with van der Waals surface area (Å²) in [5.41, 5.74) is 3.70. The van der Waals surface area contributed by atoms with Crippen molar-refractivity contribution in [2.45, 2.75) is 39.7 Å². The summed E-state index contributed by atoms with van der Waals surface area (Å²) in [7, 11) is 0. The van der Waals surface area contributed by atoms with Gasteiger partial charge in [-0.05, 0) is 43.0 Å². The number of nitrogens with one attached hydrogen (secondary N) is 1. The summed E-state index contributed by atoms with van der Waals surface area (Å²) < 4.78 is 2.01. The molecule has 0 spiro atoms. The zero-order chi connectivity index (χ0) is 21.1. The van der Waals surface area contributed by atoms with Crippen molar-refractivity contribution in [3.8, 4) is 0 Å². The lowest BCUT2D eigenvalue weighted by molar-refractivity contribution is -0.114. The summed E-state index contributed by atoms with van der Waals surface area (Å²) in [5.74, 6) is 0.329. The maximum atomic E-state index is 13.1. The second-order valence-electron chi connectivity index (χ2n) is 8.08. The molecule has 0 aliphatic carbocycles. The van der Waals surface area contributed by atoms with Gasteiger partial charge in [-0.3, -0.25) is 14.6 Å².